The molecule has 0 bridgehead atoms. The van der Waals surface area contributed by atoms with Gasteiger partial charge in [0.15, 0.2) is 35.2 Å². The Kier molecular flexibility index (Phi) is 7.82. The van der Waals surface area contributed by atoms with Gasteiger partial charge >= 0.3 is 13.7 Å². The Balaban J connectivity index is 1.84. The van der Waals surface area contributed by atoms with E-state index in [-0.39, 0.29) is 22.3 Å². The summed E-state index contributed by atoms with van der Waals surface area (Å²) in [5.74, 6) is -3.15. The van der Waals surface area contributed by atoms with Crippen LogP contribution in [0.5, 0.6) is 0 Å². The fourth-order valence-electron chi connectivity index (χ4n) is 3.27. The molecule has 17 heteroatoms. The smallest absolute Gasteiger partial charge is 0.413 e. The summed E-state index contributed by atoms with van der Waals surface area (Å²) in [6.07, 6.45) is -6.45. The summed E-state index contributed by atoms with van der Waals surface area (Å²) >= 11 is 5.96. The van der Waals surface area contributed by atoms with Gasteiger partial charge in [0.1, 0.15) is 17.8 Å². The van der Waals surface area contributed by atoms with Crippen molar-refractivity contribution in [1.82, 2.24) is 19.5 Å². The maximum atomic E-state index is 15.0. The molecule has 4 N–H and O–H groups in total. The van der Waals surface area contributed by atoms with Crippen molar-refractivity contribution in [3.8, 4) is 0 Å². The van der Waals surface area contributed by atoms with Crippen LogP contribution >= 0.6 is 19.2 Å². The van der Waals surface area contributed by atoms with E-state index in [1.165, 1.54) is 0 Å². The highest BCUT2D eigenvalue weighted by Gasteiger charge is 2.47. The van der Waals surface area contributed by atoms with Crippen LogP contribution < -0.4 is 5.32 Å². The van der Waals surface area contributed by atoms with E-state index < -0.39 is 62.1 Å². The number of halogens is 2. The average molecular weight is 540 g/mol. The van der Waals surface area contributed by atoms with E-state index in [0.29, 0.717) is 0 Å². The number of aliphatic hydroxyl groups excluding tert-OH is 1. The lowest BCUT2D eigenvalue weighted by Gasteiger charge is -2.20. The highest BCUT2D eigenvalue weighted by Crippen LogP contribution is 2.43. The molecule has 1 fully saturated rings. The van der Waals surface area contributed by atoms with Crippen molar-refractivity contribution < 1.29 is 47.6 Å². The summed E-state index contributed by atoms with van der Waals surface area (Å²) in [5, 5.41) is 12.3. The molecule has 1 saturated heterocycles. The number of Topliss-reactive ketones (excluding diaryl/α,β-unsaturated/α-hetero) is 1. The van der Waals surface area contributed by atoms with Crippen LogP contribution in [0.2, 0.25) is 5.28 Å². The van der Waals surface area contributed by atoms with Crippen molar-refractivity contribution >= 4 is 48.1 Å². The largest absolute Gasteiger partial charge is 0.444 e. The Labute approximate surface area is 202 Å². The quantitative estimate of drug-likeness (QED) is 0.293. The first-order chi connectivity index (χ1) is 16.1. The molecule has 0 spiro atoms. The van der Waals surface area contributed by atoms with E-state index in [2.05, 4.69) is 20.3 Å². The zero-order valence-electron chi connectivity index (χ0n) is 19.0. The number of rotatable bonds is 7. The van der Waals surface area contributed by atoms with E-state index in [0.717, 1.165) is 17.8 Å². The number of carbonyl (C=O) groups excluding carboxylic acids is 2. The van der Waals surface area contributed by atoms with Gasteiger partial charge in [0.25, 0.3) is 0 Å². The number of amides is 1. The normalized spacial score (nSPS) is 23.9. The van der Waals surface area contributed by atoms with Crippen molar-refractivity contribution in [3.63, 3.8) is 0 Å². The molecule has 194 valence electrons. The van der Waals surface area contributed by atoms with Crippen molar-refractivity contribution in [3.05, 3.63) is 11.6 Å². The molecule has 2 aromatic rings. The number of carbonyl (C=O) groups is 2. The van der Waals surface area contributed by atoms with Gasteiger partial charge in [0.05, 0.1) is 12.9 Å². The van der Waals surface area contributed by atoms with Crippen molar-refractivity contribution in [2.45, 2.75) is 63.7 Å². The monoisotopic (exact) mass is 539 g/mol. The number of nitrogens with one attached hydrogen (secondary N) is 1. The predicted molar refractivity (Wildman–Crippen MR) is 117 cm³/mol. The minimum Gasteiger partial charge on any atom is -0.444 e. The summed E-state index contributed by atoms with van der Waals surface area (Å²) in [7, 11) is -4.95. The standard InChI is InChI=1S/C18H24ClFN5O9P/c1-7(26)15(35(29,30)31)32-5-8-11(27)9(20)14(33-8)25-6-21-10-12(22-16(19)24-13(10)25)23-17(28)34-18(2,3)4/h6,8-9,11,14-15,27H,5H2,1-4H3,(H2,29,30,31)(H,22,23,24,28)/t8-,9+,11-,14-,15+/m1/s1. The third-order valence-corrected chi connectivity index (χ3v) is 5.95. The van der Waals surface area contributed by atoms with Crippen molar-refractivity contribution in [2.24, 2.45) is 0 Å². The first-order valence-electron chi connectivity index (χ1n) is 10.1. The van der Waals surface area contributed by atoms with Gasteiger partial charge in [0.2, 0.25) is 11.1 Å². The zero-order chi connectivity index (χ0) is 26.3. The Hall–Kier alpha value is -2.26. The van der Waals surface area contributed by atoms with E-state index in [9.17, 15) is 33.4 Å². The first kappa shape index (κ1) is 27.3. The molecule has 0 aliphatic carbocycles. The zero-order valence-corrected chi connectivity index (χ0v) is 20.6. The number of alkyl halides is 1. The highest BCUT2D eigenvalue weighted by atomic mass is 35.5. The fraction of sp³-hybridized carbons (Fsp3) is 0.611. The second kappa shape index (κ2) is 10.0. The second-order valence-corrected chi connectivity index (χ2v) is 10.7. The van der Waals surface area contributed by atoms with Crippen LogP contribution in [0.3, 0.4) is 0 Å². The number of ether oxygens (including phenoxy) is 3. The van der Waals surface area contributed by atoms with Gasteiger partial charge in [0, 0.05) is 0 Å². The van der Waals surface area contributed by atoms with Gasteiger partial charge in [-0.3, -0.25) is 19.2 Å². The van der Waals surface area contributed by atoms with Gasteiger partial charge in [-0.05, 0) is 39.3 Å². The lowest BCUT2D eigenvalue weighted by atomic mass is 10.1. The van der Waals surface area contributed by atoms with E-state index in [4.69, 9.17) is 25.8 Å². The Bertz CT molecular complexity index is 1170. The molecule has 5 atom stereocenters. The number of hydrogen-bond donors (Lipinski definition) is 4. The third kappa shape index (κ3) is 6.30. The van der Waals surface area contributed by atoms with Crippen LogP contribution in [0.25, 0.3) is 11.2 Å². The summed E-state index contributed by atoms with van der Waals surface area (Å²) in [6, 6.07) is 0. The summed E-state index contributed by atoms with van der Waals surface area (Å²) < 4.78 is 43.1. The number of fused-ring (bicyclic) bond motifs is 1. The molecular weight excluding hydrogens is 516 g/mol. The molecule has 0 unspecified atom stereocenters. The van der Waals surface area contributed by atoms with Gasteiger partial charge in [-0.15, -0.1) is 0 Å². The molecule has 1 amide bonds. The molecule has 0 saturated carbocycles. The Morgan fingerprint density at radius 1 is 1.37 bits per heavy atom. The highest BCUT2D eigenvalue weighted by molar-refractivity contribution is 7.53. The van der Waals surface area contributed by atoms with Crippen LogP contribution in [0.1, 0.15) is 33.9 Å². The Morgan fingerprint density at radius 2 is 2.03 bits per heavy atom. The maximum Gasteiger partial charge on any atom is 0.413 e. The molecule has 1 aliphatic rings. The number of nitrogens with zero attached hydrogens (tertiary/aromatic N) is 4. The van der Waals surface area contributed by atoms with E-state index in [1.807, 2.05) is 0 Å². The van der Waals surface area contributed by atoms with E-state index in [1.54, 1.807) is 20.8 Å². The van der Waals surface area contributed by atoms with Crippen LogP contribution in [0, 0.1) is 0 Å². The number of aliphatic hydroxyl groups is 1. The molecule has 1 aliphatic heterocycles. The topological polar surface area (TPSA) is 195 Å². The number of aromatic nitrogens is 4. The first-order valence-corrected chi connectivity index (χ1v) is 12.2. The molecule has 35 heavy (non-hydrogen) atoms. The average Bonchev–Trinajstić information content (AvgIpc) is 3.21. The fourth-order valence-corrected chi connectivity index (χ4v) is 4.18. The lowest BCUT2D eigenvalue weighted by Crippen LogP contribution is -2.34. The van der Waals surface area contributed by atoms with Gasteiger partial charge in [-0.25, -0.2) is 14.2 Å². The number of hydrogen-bond acceptors (Lipinski definition) is 10. The second-order valence-electron chi connectivity index (χ2n) is 8.68. The lowest BCUT2D eigenvalue weighted by molar-refractivity contribution is -0.128. The molecule has 3 heterocycles. The minimum absolute atomic E-state index is 0.0170. The number of anilines is 1. The molecule has 0 aromatic carbocycles. The van der Waals surface area contributed by atoms with Gasteiger partial charge in [-0.1, -0.05) is 0 Å². The minimum atomic E-state index is -4.95. The molecular formula is C18H24ClFN5O9P. The Morgan fingerprint density at radius 3 is 2.60 bits per heavy atom. The molecule has 2 aromatic heterocycles. The van der Waals surface area contributed by atoms with Crippen molar-refractivity contribution in [2.75, 3.05) is 11.9 Å². The molecule has 0 radical (unpaired) electrons. The predicted octanol–water partition coefficient (Wildman–Crippen LogP) is 1.53. The van der Waals surface area contributed by atoms with Crippen LogP contribution in [-0.4, -0.2) is 82.7 Å². The van der Waals surface area contributed by atoms with E-state index >= 15 is 0 Å². The molecule has 14 nitrogen and oxygen atoms in total. The third-order valence-electron chi connectivity index (χ3n) is 4.65. The van der Waals surface area contributed by atoms with Gasteiger partial charge in [-0.2, -0.15) is 9.97 Å². The summed E-state index contributed by atoms with van der Waals surface area (Å²) in [6.45, 7) is 5.20. The maximum absolute atomic E-state index is 15.0. The van der Waals surface area contributed by atoms with Crippen molar-refractivity contribution in [1.29, 1.82) is 0 Å². The number of imidazole rings is 1. The number of ketones is 1. The summed E-state index contributed by atoms with van der Waals surface area (Å²) in [5.41, 5.74) is -0.829. The van der Waals surface area contributed by atoms with Gasteiger partial charge < -0.3 is 29.1 Å². The summed E-state index contributed by atoms with van der Waals surface area (Å²) in [4.78, 5) is 54.1. The van der Waals surface area contributed by atoms with Crippen LogP contribution in [0.15, 0.2) is 6.33 Å². The van der Waals surface area contributed by atoms with Crippen LogP contribution in [-0.2, 0) is 23.6 Å². The SMILES string of the molecule is CC(=O)[C@@H](OC[C@H]1O[C@@H](n2cnc3c(NC(=O)OC(C)(C)C)nc(Cl)nc32)[C@@H](F)[C@@H]1O)P(=O)(O)O. The molecule has 3 rings (SSSR count). The van der Waals surface area contributed by atoms with Crippen LogP contribution in [0.4, 0.5) is 15.0 Å².